The Morgan fingerprint density at radius 2 is 1.53 bits per heavy atom. The zero-order valence-corrected chi connectivity index (χ0v) is 26.3. The molecule has 0 spiro atoms. The number of rotatable bonds is 10. The van der Waals surface area contributed by atoms with Crippen molar-refractivity contribution in [3.8, 4) is 5.75 Å². The molecule has 10 nitrogen and oxygen atoms in total. The van der Waals surface area contributed by atoms with E-state index in [1.54, 1.807) is 12.1 Å². The third-order valence-corrected chi connectivity index (χ3v) is 9.70. The molecule has 4 aliphatic rings. The lowest BCUT2D eigenvalue weighted by Crippen LogP contribution is -2.54. The van der Waals surface area contributed by atoms with E-state index in [2.05, 4.69) is 20.0 Å². The molecule has 252 valence electrons. The fourth-order valence-electron chi connectivity index (χ4n) is 7.06. The molecule has 0 aromatic heterocycles. The van der Waals surface area contributed by atoms with Crippen molar-refractivity contribution in [1.82, 2.24) is 20.0 Å². The van der Waals surface area contributed by atoms with Crippen LogP contribution < -0.4 is 15.0 Å². The number of nitrogens with one attached hydrogen (secondary N) is 1. The lowest BCUT2D eigenvalue weighted by atomic mass is 9.95. The normalized spacial score (nSPS) is 21.7. The van der Waals surface area contributed by atoms with Gasteiger partial charge in [-0.3, -0.25) is 34.3 Å². The summed E-state index contributed by atoms with van der Waals surface area (Å²) in [5, 5.41) is 2.24. The molecule has 1 unspecified atom stereocenters. The van der Waals surface area contributed by atoms with Crippen molar-refractivity contribution in [3.05, 3.63) is 59.2 Å². The van der Waals surface area contributed by atoms with E-state index in [0.717, 1.165) is 95.1 Å². The summed E-state index contributed by atoms with van der Waals surface area (Å²) in [5.41, 5.74) is 0.684. The minimum absolute atomic E-state index is 0.0875. The highest BCUT2D eigenvalue weighted by atomic mass is 19.4. The predicted octanol–water partition coefficient (Wildman–Crippen LogP) is 3.80. The second-order valence-electron chi connectivity index (χ2n) is 12.8. The second kappa shape index (κ2) is 14.0. The number of imide groups is 2. The van der Waals surface area contributed by atoms with E-state index in [-0.39, 0.29) is 12.8 Å². The number of carbonyl (C=O) groups excluding carboxylic acids is 4. The second-order valence-corrected chi connectivity index (χ2v) is 12.8. The number of alkyl halides is 3. The van der Waals surface area contributed by atoms with Gasteiger partial charge in [0.15, 0.2) is 0 Å². The average molecular weight is 656 g/mol. The molecule has 1 atom stereocenters. The molecule has 4 amide bonds. The number of benzene rings is 2. The Bertz CT molecular complexity index is 1480. The molecule has 1 N–H and O–H groups in total. The van der Waals surface area contributed by atoms with Gasteiger partial charge in [0.25, 0.3) is 11.8 Å². The van der Waals surface area contributed by atoms with Gasteiger partial charge in [0, 0.05) is 39.1 Å². The molecule has 13 heteroatoms. The lowest BCUT2D eigenvalue weighted by Gasteiger charge is -2.40. The van der Waals surface area contributed by atoms with Crippen LogP contribution in [0.1, 0.15) is 64.8 Å². The molecule has 2 aromatic rings. The molecular weight excluding hydrogens is 615 g/mol. The van der Waals surface area contributed by atoms with E-state index in [9.17, 15) is 32.3 Å². The van der Waals surface area contributed by atoms with E-state index >= 15 is 0 Å². The molecule has 0 radical (unpaired) electrons. The van der Waals surface area contributed by atoms with Crippen LogP contribution in [0.2, 0.25) is 0 Å². The third kappa shape index (κ3) is 7.46. The minimum Gasteiger partial charge on any atom is -0.494 e. The Hall–Kier alpha value is -3.97. The number of piperazine rings is 1. The van der Waals surface area contributed by atoms with Gasteiger partial charge < -0.3 is 14.5 Å². The van der Waals surface area contributed by atoms with Gasteiger partial charge in [-0.2, -0.15) is 13.2 Å². The van der Waals surface area contributed by atoms with Gasteiger partial charge in [-0.05, 0) is 94.1 Å². The van der Waals surface area contributed by atoms with Crippen LogP contribution in [-0.4, -0.2) is 103 Å². The number of hydrogen-bond acceptors (Lipinski definition) is 8. The van der Waals surface area contributed by atoms with Crippen molar-refractivity contribution in [2.24, 2.45) is 5.92 Å². The quantitative estimate of drug-likeness (QED) is 0.305. The van der Waals surface area contributed by atoms with Crippen LogP contribution in [0.15, 0.2) is 42.5 Å². The number of ether oxygens (including phenoxy) is 1. The first kappa shape index (κ1) is 33.0. The van der Waals surface area contributed by atoms with Crippen LogP contribution in [0.5, 0.6) is 5.75 Å². The van der Waals surface area contributed by atoms with Crippen LogP contribution in [-0.2, 0) is 15.8 Å². The van der Waals surface area contributed by atoms with E-state index in [0.29, 0.717) is 35.1 Å². The standard InChI is InChI=1S/C34H40F3N5O5/c35-34(36,37)24-6-8-25(9-7-24)47-21-2-1-14-39-15-12-23(13-16-39)22-40-17-19-41(20-18-40)27-5-3-4-26-30(27)33(46)42(32(26)45)28-10-11-29(43)38-31(28)44/h3-9,23,28H,1-2,10-22H2,(H,38,43,44). The summed E-state index contributed by atoms with van der Waals surface area (Å²) in [4.78, 5) is 58.9. The zero-order chi connectivity index (χ0) is 33.1. The number of anilines is 1. The minimum atomic E-state index is -4.34. The number of carbonyl (C=O) groups is 4. The number of fused-ring (bicyclic) bond motifs is 1. The molecule has 2 aromatic carbocycles. The van der Waals surface area contributed by atoms with E-state index in [1.165, 1.54) is 12.1 Å². The first-order chi connectivity index (χ1) is 22.6. The maximum absolute atomic E-state index is 13.5. The Labute approximate surface area is 271 Å². The number of nitrogens with zero attached hydrogens (tertiary/aromatic N) is 4. The fraction of sp³-hybridized carbons (Fsp3) is 0.529. The summed E-state index contributed by atoms with van der Waals surface area (Å²) in [7, 11) is 0. The Balaban J connectivity index is 0.910. The molecule has 0 saturated carbocycles. The summed E-state index contributed by atoms with van der Waals surface area (Å²) in [6, 6.07) is 9.10. The van der Waals surface area contributed by atoms with Gasteiger partial charge in [0.1, 0.15) is 11.8 Å². The van der Waals surface area contributed by atoms with Gasteiger partial charge in [-0.1, -0.05) is 6.07 Å². The molecule has 3 saturated heterocycles. The largest absolute Gasteiger partial charge is 0.494 e. The number of unbranched alkanes of at least 4 members (excludes halogenated alkanes) is 1. The third-order valence-electron chi connectivity index (χ3n) is 9.70. The van der Waals surface area contributed by atoms with E-state index in [4.69, 9.17) is 4.74 Å². The molecule has 6 rings (SSSR count). The maximum Gasteiger partial charge on any atom is 0.416 e. The fourth-order valence-corrected chi connectivity index (χ4v) is 7.06. The molecule has 0 bridgehead atoms. The maximum atomic E-state index is 13.5. The van der Waals surface area contributed by atoms with Gasteiger partial charge >= 0.3 is 6.18 Å². The number of amides is 4. The SMILES string of the molecule is O=C1CCC(N2C(=O)c3cccc(N4CCN(CC5CCN(CCCCOc6ccc(C(F)(F)F)cc6)CC5)CC4)c3C2=O)C(=O)N1. The van der Waals surface area contributed by atoms with Crippen molar-refractivity contribution in [2.45, 2.75) is 50.7 Å². The van der Waals surface area contributed by atoms with Crippen molar-refractivity contribution in [3.63, 3.8) is 0 Å². The molecular formula is C34H40F3N5O5. The zero-order valence-electron chi connectivity index (χ0n) is 26.3. The average Bonchev–Trinajstić information content (AvgIpc) is 3.31. The summed E-state index contributed by atoms with van der Waals surface area (Å²) in [6.07, 6.45) is -0.0670. The van der Waals surface area contributed by atoms with Gasteiger partial charge in [0.2, 0.25) is 11.8 Å². The molecule has 4 aliphatic heterocycles. The topological polar surface area (TPSA) is 102 Å². The molecule has 0 aliphatic carbocycles. The Morgan fingerprint density at radius 3 is 2.21 bits per heavy atom. The first-order valence-corrected chi connectivity index (χ1v) is 16.4. The van der Waals surface area contributed by atoms with Crippen LogP contribution in [0.25, 0.3) is 0 Å². The highest BCUT2D eigenvalue weighted by molar-refractivity contribution is 6.25. The molecule has 3 fully saturated rings. The highest BCUT2D eigenvalue weighted by Gasteiger charge is 2.46. The van der Waals surface area contributed by atoms with E-state index < -0.39 is 41.4 Å². The monoisotopic (exact) mass is 655 g/mol. The van der Waals surface area contributed by atoms with Crippen molar-refractivity contribution < 1.29 is 37.1 Å². The Kier molecular flexibility index (Phi) is 9.83. The summed E-state index contributed by atoms with van der Waals surface area (Å²) in [6.45, 7) is 7.71. The highest BCUT2D eigenvalue weighted by Crippen LogP contribution is 2.35. The smallest absolute Gasteiger partial charge is 0.416 e. The summed E-state index contributed by atoms with van der Waals surface area (Å²) >= 11 is 0. The number of likely N-dealkylation sites (tertiary alicyclic amines) is 1. The van der Waals surface area contributed by atoms with Crippen molar-refractivity contribution in [1.29, 1.82) is 0 Å². The first-order valence-electron chi connectivity index (χ1n) is 16.4. The van der Waals surface area contributed by atoms with Gasteiger partial charge in [-0.25, -0.2) is 0 Å². The number of hydrogen-bond donors (Lipinski definition) is 1. The van der Waals surface area contributed by atoms with Crippen molar-refractivity contribution in [2.75, 3.05) is 63.9 Å². The van der Waals surface area contributed by atoms with Crippen LogP contribution in [0.4, 0.5) is 18.9 Å². The molecule has 47 heavy (non-hydrogen) atoms. The predicted molar refractivity (Wildman–Crippen MR) is 167 cm³/mol. The summed E-state index contributed by atoms with van der Waals surface area (Å²) < 4.78 is 43.7. The number of halogens is 3. The number of piperidine rings is 2. The lowest BCUT2D eigenvalue weighted by molar-refractivity contribution is -0.138. The van der Waals surface area contributed by atoms with Gasteiger partial charge in [-0.15, -0.1) is 0 Å². The molecule has 4 heterocycles. The van der Waals surface area contributed by atoms with Gasteiger partial charge in [0.05, 0.1) is 29.0 Å². The van der Waals surface area contributed by atoms with Crippen molar-refractivity contribution >= 4 is 29.3 Å². The Morgan fingerprint density at radius 1 is 0.809 bits per heavy atom. The summed E-state index contributed by atoms with van der Waals surface area (Å²) in [5.74, 6) is -0.905. The van der Waals surface area contributed by atoms with Crippen LogP contribution >= 0.6 is 0 Å². The van der Waals surface area contributed by atoms with E-state index in [1.807, 2.05) is 6.07 Å². The van der Waals surface area contributed by atoms with Crippen LogP contribution in [0, 0.1) is 5.92 Å². The van der Waals surface area contributed by atoms with Crippen LogP contribution in [0.3, 0.4) is 0 Å².